The van der Waals surface area contributed by atoms with Gasteiger partial charge in [-0.2, -0.15) is 0 Å². The zero-order valence-electron chi connectivity index (χ0n) is 12.1. The minimum Gasteiger partial charge on any atom is -0.322 e. The van der Waals surface area contributed by atoms with Crippen LogP contribution in [-0.4, -0.2) is 17.4 Å². The van der Waals surface area contributed by atoms with E-state index in [4.69, 9.17) is 5.73 Å². The van der Waals surface area contributed by atoms with Crippen molar-refractivity contribution in [2.75, 3.05) is 11.9 Å². The largest absolute Gasteiger partial charge is 0.322 e. The van der Waals surface area contributed by atoms with Crippen LogP contribution in [0.2, 0.25) is 0 Å². The Bertz CT molecular complexity index is 726. The van der Waals surface area contributed by atoms with E-state index < -0.39 is 0 Å². The van der Waals surface area contributed by atoms with Crippen molar-refractivity contribution < 1.29 is 4.79 Å². The lowest BCUT2D eigenvalue weighted by Gasteiger charge is -2.08. The molecule has 0 bridgehead atoms. The first kappa shape index (κ1) is 14.8. The molecule has 0 unspecified atom stereocenters. The smallest absolute Gasteiger partial charge is 0.257 e. The molecule has 2 aromatic rings. The molecular formula is C17H17N3O. The summed E-state index contributed by atoms with van der Waals surface area (Å²) in [7, 11) is 0. The summed E-state index contributed by atoms with van der Waals surface area (Å²) in [6.45, 7) is 4.03. The average molecular weight is 279 g/mol. The summed E-state index contributed by atoms with van der Waals surface area (Å²) >= 11 is 0. The van der Waals surface area contributed by atoms with E-state index in [0.717, 1.165) is 11.3 Å². The summed E-state index contributed by atoms with van der Waals surface area (Å²) < 4.78 is 0. The van der Waals surface area contributed by atoms with Crippen LogP contribution >= 0.6 is 0 Å². The minimum absolute atomic E-state index is 0.177. The predicted molar refractivity (Wildman–Crippen MR) is 84.0 cm³/mol. The Kier molecular flexibility index (Phi) is 4.70. The highest BCUT2D eigenvalue weighted by atomic mass is 16.1. The number of benzene rings is 1. The highest BCUT2D eigenvalue weighted by molar-refractivity contribution is 6.05. The maximum atomic E-state index is 12.3. The molecule has 0 aliphatic heterocycles. The third-order valence-electron chi connectivity index (χ3n) is 2.92. The lowest BCUT2D eigenvalue weighted by molar-refractivity contribution is 0.102. The molecule has 0 saturated carbocycles. The van der Waals surface area contributed by atoms with Gasteiger partial charge in [0, 0.05) is 16.9 Å². The Hall–Kier alpha value is -2.64. The maximum absolute atomic E-state index is 12.3. The number of nitrogens with one attached hydrogen (secondary N) is 1. The molecule has 2 rings (SSSR count). The quantitative estimate of drug-likeness (QED) is 0.829. The van der Waals surface area contributed by atoms with Crippen LogP contribution in [-0.2, 0) is 0 Å². The normalized spacial score (nSPS) is 9.67. The first-order valence-corrected chi connectivity index (χ1v) is 6.65. The van der Waals surface area contributed by atoms with Gasteiger partial charge in [-0.15, -0.1) is 0 Å². The van der Waals surface area contributed by atoms with E-state index in [1.54, 1.807) is 6.07 Å². The van der Waals surface area contributed by atoms with Gasteiger partial charge in [-0.05, 0) is 44.2 Å². The summed E-state index contributed by atoms with van der Waals surface area (Å²) in [5.74, 6) is 5.55. The summed E-state index contributed by atoms with van der Waals surface area (Å²) in [4.78, 5) is 16.6. The molecule has 1 aromatic carbocycles. The lowest BCUT2D eigenvalue weighted by Crippen LogP contribution is -2.14. The zero-order chi connectivity index (χ0) is 15.2. The molecule has 21 heavy (non-hydrogen) atoms. The maximum Gasteiger partial charge on any atom is 0.257 e. The van der Waals surface area contributed by atoms with Crippen LogP contribution < -0.4 is 11.1 Å². The van der Waals surface area contributed by atoms with Crippen molar-refractivity contribution >= 4 is 11.6 Å². The van der Waals surface area contributed by atoms with Crippen LogP contribution in [0.5, 0.6) is 0 Å². The topological polar surface area (TPSA) is 68.0 Å². The Balaban J connectivity index is 2.19. The third-order valence-corrected chi connectivity index (χ3v) is 2.92. The molecule has 0 spiro atoms. The van der Waals surface area contributed by atoms with E-state index in [9.17, 15) is 4.79 Å². The number of amides is 1. The Morgan fingerprint density at radius 1 is 1.29 bits per heavy atom. The fourth-order valence-corrected chi connectivity index (χ4v) is 1.95. The SMILES string of the molecule is Cc1ccc(C(=O)Nc2cccc(C#CCN)c2)c(C)n1. The number of nitrogens with two attached hydrogens (primary N) is 1. The molecule has 0 atom stereocenters. The molecule has 1 heterocycles. The van der Waals surface area contributed by atoms with E-state index in [0.29, 0.717) is 23.5 Å². The van der Waals surface area contributed by atoms with Crippen LogP contribution in [0.25, 0.3) is 0 Å². The number of hydrogen-bond acceptors (Lipinski definition) is 3. The van der Waals surface area contributed by atoms with Crippen molar-refractivity contribution in [3.8, 4) is 11.8 Å². The van der Waals surface area contributed by atoms with Crippen LogP contribution in [0.3, 0.4) is 0 Å². The van der Waals surface area contributed by atoms with Gasteiger partial charge in [0.1, 0.15) is 0 Å². The molecule has 4 nitrogen and oxygen atoms in total. The second-order valence-electron chi connectivity index (χ2n) is 4.63. The van der Waals surface area contributed by atoms with E-state index in [-0.39, 0.29) is 5.91 Å². The number of carbonyl (C=O) groups is 1. The van der Waals surface area contributed by atoms with Crippen molar-refractivity contribution in [3.05, 3.63) is 58.9 Å². The number of anilines is 1. The number of rotatable bonds is 2. The van der Waals surface area contributed by atoms with Gasteiger partial charge < -0.3 is 11.1 Å². The number of nitrogens with zero attached hydrogens (tertiary/aromatic N) is 1. The second-order valence-corrected chi connectivity index (χ2v) is 4.63. The van der Waals surface area contributed by atoms with Crippen molar-refractivity contribution in [2.24, 2.45) is 5.73 Å². The molecular weight excluding hydrogens is 262 g/mol. The van der Waals surface area contributed by atoms with Gasteiger partial charge in [0.2, 0.25) is 0 Å². The van der Waals surface area contributed by atoms with Crippen LogP contribution in [0.15, 0.2) is 36.4 Å². The summed E-state index contributed by atoms with van der Waals surface area (Å²) in [6, 6.07) is 11.0. The summed E-state index contributed by atoms with van der Waals surface area (Å²) in [5.41, 5.74) is 9.04. The molecule has 0 fully saturated rings. The molecule has 0 aliphatic carbocycles. The average Bonchev–Trinajstić information content (AvgIpc) is 2.45. The van der Waals surface area contributed by atoms with E-state index in [1.807, 2.05) is 44.2 Å². The van der Waals surface area contributed by atoms with E-state index in [1.165, 1.54) is 0 Å². The van der Waals surface area contributed by atoms with Gasteiger partial charge in [0.15, 0.2) is 0 Å². The summed E-state index contributed by atoms with van der Waals surface area (Å²) in [5, 5.41) is 2.86. The van der Waals surface area contributed by atoms with Crippen molar-refractivity contribution in [1.29, 1.82) is 0 Å². The number of pyridine rings is 1. The molecule has 0 radical (unpaired) electrons. The van der Waals surface area contributed by atoms with Gasteiger partial charge in [-0.1, -0.05) is 17.9 Å². The Labute approximate surface area is 124 Å². The van der Waals surface area contributed by atoms with Crippen LogP contribution in [0, 0.1) is 25.7 Å². The van der Waals surface area contributed by atoms with Crippen molar-refractivity contribution in [1.82, 2.24) is 4.98 Å². The third kappa shape index (κ3) is 3.91. The second kappa shape index (κ2) is 6.69. The van der Waals surface area contributed by atoms with Gasteiger partial charge >= 0.3 is 0 Å². The van der Waals surface area contributed by atoms with Crippen LogP contribution in [0.1, 0.15) is 27.3 Å². The highest BCUT2D eigenvalue weighted by Crippen LogP contribution is 2.13. The zero-order valence-corrected chi connectivity index (χ0v) is 12.1. The molecule has 4 heteroatoms. The van der Waals surface area contributed by atoms with E-state index in [2.05, 4.69) is 22.1 Å². The molecule has 106 valence electrons. The first-order valence-electron chi connectivity index (χ1n) is 6.65. The van der Waals surface area contributed by atoms with Gasteiger partial charge in [0.05, 0.1) is 17.8 Å². The van der Waals surface area contributed by atoms with Crippen LogP contribution in [0.4, 0.5) is 5.69 Å². The number of aromatic nitrogens is 1. The van der Waals surface area contributed by atoms with E-state index >= 15 is 0 Å². The first-order chi connectivity index (χ1) is 10.1. The standard InChI is InChI=1S/C17H17N3O/c1-12-8-9-16(13(2)19-12)17(21)20-15-7-3-5-14(11-15)6-4-10-18/h3,5,7-9,11H,10,18H2,1-2H3,(H,20,21). The predicted octanol–water partition coefficient (Wildman–Crippen LogP) is 2.26. The molecule has 3 N–H and O–H groups in total. The molecule has 1 amide bonds. The van der Waals surface area contributed by atoms with Gasteiger partial charge in [-0.3, -0.25) is 9.78 Å². The monoisotopic (exact) mass is 279 g/mol. The van der Waals surface area contributed by atoms with Crippen molar-refractivity contribution in [2.45, 2.75) is 13.8 Å². The fraction of sp³-hybridized carbons (Fsp3) is 0.176. The number of hydrogen-bond donors (Lipinski definition) is 2. The fourth-order valence-electron chi connectivity index (χ4n) is 1.95. The Morgan fingerprint density at radius 2 is 2.10 bits per heavy atom. The molecule has 0 aliphatic rings. The molecule has 0 saturated heterocycles. The number of carbonyl (C=O) groups excluding carboxylic acids is 1. The summed E-state index contributed by atoms with van der Waals surface area (Å²) in [6.07, 6.45) is 0. The molecule has 1 aromatic heterocycles. The van der Waals surface area contributed by atoms with Gasteiger partial charge in [-0.25, -0.2) is 0 Å². The van der Waals surface area contributed by atoms with Gasteiger partial charge in [0.25, 0.3) is 5.91 Å². The highest BCUT2D eigenvalue weighted by Gasteiger charge is 2.10. The number of aryl methyl sites for hydroxylation is 2. The minimum atomic E-state index is -0.177. The Morgan fingerprint density at radius 3 is 2.81 bits per heavy atom. The van der Waals surface area contributed by atoms with Crippen molar-refractivity contribution in [3.63, 3.8) is 0 Å². The lowest BCUT2D eigenvalue weighted by atomic mass is 10.1.